The van der Waals surface area contributed by atoms with Crippen molar-refractivity contribution in [3.8, 4) is 0 Å². The van der Waals surface area contributed by atoms with Crippen molar-refractivity contribution in [2.45, 2.75) is 88.6 Å². The molecule has 1 aliphatic carbocycles. The summed E-state index contributed by atoms with van der Waals surface area (Å²) in [5.74, 6) is -1.85. The summed E-state index contributed by atoms with van der Waals surface area (Å²) in [6, 6.07) is 5.24. The molecule has 7 nitrogen and oxygen atoms in total. The molecule has 184 valence electrons. The third-order valence-electron chi connectivity index (χ3n) is 7.53. The van der Waals surface area contributed by atoms with Gasteiger partial charge < -0.3 is 9.64 Å². The molecule has 1 saturated carbocycles. The van der Waals surface area contributed by atoms with Crippen LogP contribution in [0.15, 0.2) is 24.3 Å². The van der Waals surface area contributed by atoms with Gasteiger partial charge in [-0.25, -0.2) is 4.39 Å². The summed E-state index contributed by atoms with van der Waals surface area (Å²) in [5, 5.41) is 0. The summed E-state index contributed by atoms with van der Waals surface area (Å²) in [6.45, 7) is 2.50. The van der Waals surface area contributed by atoms with E-state index in [1.54, 1.807) is 17.9 Å². The predicted molar refractivity (Wildman–Crippen MR) is 122 cm³/mol. The minimum absolute atomic E-state index is 0.105. The van der Waals surface area contributed by atoms with Crippen molar-refractivity contribution in [2.75, 3.05) is 13.2 Å². The maximum atomic E-state index is 14.2. The average molecular weight is 473 g/mol. The number of carbonyl (C=O) groups is 4. The number of amides is 3. The van der Waals surface area contributed by atoms with Crippen LogP contribution in [-0.4, -0.2) is 58.7 Å². The molecule has 3 fully saturated rings. The number of hydrogen-bond acceptors (Lipinski definition) is 5. The Morgan fingerprint density at radius 3 is 2.56 bits per heavy atom. The van der Waals surface area contributed by atoms with Gasteiger partial charge in [0.05, 0.1) is 18.4 Å². The van der Waals surface area contributed by atoms with Crippen LogP contribution in [0.4, 0.5) is 4.39 Å². The number of rotatable bonds is 7. The Bertz CT molecular complexity index is 960. The number of nitrogens with zero attached hydrogens (tertiary/aromatic N) is 2. The quantitative estimate of drug-likeness (QED) is 0.448. The standard InChI is InChI=1S/C26H33FN2O5/c1-2-34-24(32)15-21-12-5-6-13-28(21)22(30)16-26(18-8-7-9-19(27)14-18)17-23(31)29(25(26)33)20-10-3-4-11-20/h7-9,14,20-21H,2-6,10-13,15-17H2,1H3/t21-,26+/m1/s1. The van der Waals surface area contributed by atoms with Crippen molar-refractivity contribution in [3.63, 3.8) is 0 Å². The van der Waals surface area contributed by atoms with Crippen LogP contribution in [0.25, 0.3) is 0 Å². The van der Waals surface area contributed by atoms with Gasteiger partial charge in [-0.2, -0.15) is 0 Å². The number of esters is 1. The number of piperidine rings is 1. The minimum Gasteiger partial charge on any atom is -0.466 e. The van der Waals surface area contributed by atoms with Gasteiger partial charge in [-0.3, -0.25) is 24.1 Å². The molecule has 0 N–H and O–H groups in total. The molecule has 0 radical (unpaired) electrons. The largest absolute Gasteiger partial charge is 0.466 e. The second-order valence-corrected chi connectivity index (χ2v) is 9.70. The summed E-state index contributed by atoms with van der Waals surface area (Å²) in [5.41, 5.74) is -1.07. The second-order valence-electron chi connectivity index (χ2n) is 9.70. The molecule has 0 spiro atoms. The van der Waals surface area contributed by atoms with Gasteiger partial charge in [-0.05, 0) is 56.7 Å². The highest BCUT2D eigenvalue weighted by Crippen LogP contribution is 2.43. The van der Waals surface area contributed by atoms with Gasteiger partial charge in [0.25, 0.3) is 0 Å². The first-order valence-corrected chi connectivity index (χ1v) is 12.4. The number of ether oxygens (including phenoxy) is 1. The SMILES string of the molecule is CCOC(=O)C[C@H]1CCCCN1C(=O)C[C@@]1(c2cccc(F)c2)CC(=O)N(C2CCCC2)C1=O. The molecular formula is C26H33FN2O5. The van der Waals surface area contributed by atoms with Crippen molar-refractivity contribution in [1.29, 1.82) is 0 Å². The second kappa shape index (κ2) is 10.2. The Balaban J connectivity index is 1.64. The fraction of sp³-hybridized carbons (Fsp3) is 0.615. The van der Waals surface area contributed by atoms with Crippen molar-refractivity contribution >= 4 is 23.7 Å². The predicted octanol–water partition coefficient (Wildman–Crippen LogP) is 3.49. The summed E-state index contributed by atoms with van der Waals surface area (Å²) >= 11 is 0. The van der Waals surface area contributed by atoms with E-state index in [2.05, 4.69) is 0 Å². The highest BCUT2D eigenvalue weighted by molar-refractivity contribution is 6.11. The van der Waals surface area contributed by atoms with Crippen LogP contribution in [0.5, 0.6) is 0 Å². The fourth-order valence-corrected chi connectivity index (χ4v) is 5.86. The van der Waals surface area contributed by atoms with Crippen LogP contribution < -0.4 is 0 Å². The van der Waals surface area contributed by atoms with E-state index >= 15 is 0 Å². The van der Waals surface area contributed by atoms with Crippen LogP contribution >= 0.6 is 0 Å². The summed E-state index contributed by atoms with van der Waals surface area (Å²) in [6.07, 6.45) is 5.56. The molecule has 3 aliphatic rings. The molecule has 2 heterocycles. The maximum absolute atomic E-state index is 14.2. The van der Waals surface area contributed by atoms with Crippen molar-refractivity contribution < 1.29 is 28.3 Å². The topological polar surface area (TPSA) is 84.0 Å². The highest BCUT2D eigenvalue weighted by atomic mass is 19.1. The molecule has 0 bridgehead atoms. The van der Waals surface area contributed by atoms with Crippen molar-refractivity contribution in [2.24, 2.45) is 0 Å². The minimum atomic E-state index is -1.43. The lowest BCUT2D eigenvalue weighted by molar-refractivity contribution is -0.149. The molecule has 1 aromatic rings. The van der Waals surface area contributed by atoms with E-state index in [-0.39, 0.29) is 55.7 Å². The van der Waals surface area contributed by atoms with Crippen LogP contribution in [0, 0.1) is 5.82 Å². The summed E-state index contributed by atoms with van der Waals surface area (Å²) < 4.78 is 19.3. The molecule has 34 heavy (non-hydrogen) atoms. The molecular weight excluding hydrogens is 439 g/mol. The number of benzene rings is 1. The van der Waals surface area contributed by atoms with Gasteiger partial charge in [0.1, 0.15) is 5.82 Å². The van der Waals surface area contributed by atoms with Crippen molar-refractivity contribution in [3.05, 3.63) is 35.6 Å². The van der Waals surface area contributed by atoms with Crippen LogP contribution in [0.3, 0.4) is 0 Å². The highest BCUT2D eigenvalue weighted by Gasteiger charge is 2.56. The Hall–Kier alpha value is -2.77. The Kier molecular flexibility index (Phi) is 7.33. The van der Waals surface area contributed by atoms with E-state index in [0.717, 1.165) is 38.5 Å². The van der Waals surface area contributed by atoms with E-state index < -0.39 is 17.1 Å². The van der Waals surface area contributed by atoms with Gasteiger partial charge in [0.2, 0.25) is 17.7 Å². The van der Waals surface area contributed by atoms with Gasteiger partial charge in [0.15, 0.2) is 0 Å². The lowest BCUT2D eigenvalue weighted by Gasteiger charge is -2.38. The monoisotopic (exact) mass is 472 g/mol. The lowest BCUT2D eigenvalue weighted by atomic mass is 9.75. The summed E-state index contributed by atoms with van der Waals surface area (Å²) in [4.78, 5) is 55.7. The molecule has 8 heteroatoms. The molecule has 0 unspecified atom stereocenters. The Morgan fingerprint density at radius 1 is 1.12 bits per heavy atom. The van der Waals surface area contributed by atoms with E-state index in [4.69, 9.17) is 4.74 Å². The van der Waals surface area contributed by atoms with Gasteiger partial charge in [-0.15, -0.1) is 0 Å². The number of hydrogen-bond donors (Lipinski definition) is 0. The Labute approximate surface area is 199 Å². The number of carbonyl (C=O) groups excluding carboxylic acids is 4. The zero-order chi connectivity index (χ0) is 24.3. The lowest BCUT2D eigenvalue weighted by Crippen LogP contribution is -2.49. The molecule has 0 aromatic heterocycles. The normalized spacial score (nSPS) is 25.8. The van der Waals surface area contributed by atoms with E-state index in [1.807, 2.05) is 0 Å². The molecule has 3 amide bonds. The zero-order valence-electron chi connectivity index (χ0n) is 19.8. The first-order valence-electron chi connectivity index (χ1n) is 12.4. The maximum Gasteiger partial charge on any atom is 0.307 e. The number of imide groups is 1. The van der Waals surface area contributed by atoms with Crippen molar-refractivity contribution in [1.82, 2.24) is 9.80 Å². The van der Waals surface area contributed by atoms with E-state index in [0.29, 0.717) is 18.5 Å². The zero-order valence-corrected chi connectivity index (χ0v) is 19.8. The van der Waals surface area contributed by atoms with Gasteiger partial charge >= 0.3 is 5.97 Å². The smallest absolute Gasteiger partial charge is 0.307 e. The van der Waals surface area contributed by atoms with E-state index in [1.165, 1.54) is 23.1 Å². The third kappa shape index (κ3) is 4.72. The van der Waals surface area contributed by atoms with Crippen LogP contribution in [-0.2, 0) is 29.3 Å². The van der Waals surface area contributed by atoms with Gasteiger partial charge in [-0.1, -0.05) is 25.0 Å². The fourth-order valence-electron chi connectivity index (χ4n) is 5.86. The molecule has 4 rings (SSSR count). The third-order valence-corrected chi connectivity index (χ3v) is 7.53. The number of halogens is 1. The Morgan fingerprint density at radius 2 is 1.85 bits per heavy atom. The van der Waals surface area contributed by atoms with Gasteiger partial charge in [0, 0.05) is 31.5 Å². The number of likely N-dealkylation sites (tertiary alicyclic amines) is 2. The first kappa shape index (κ1) is 24.4. The van der Waals surface area contributed by atoms with Crippen LogP contribution in [0.2, 0.25) is 0 Å². The molecule has 2 atom stereocenters. The summed E-state index contributed by atoms with van der Waals surface area (Å²) in [7, 11) is 0. The van der Waals surface area contributed by atoms with E-state index in [9.17, 15) is 23.6 Å². The van der Waals surface area contributed by atoms with Crippen LogP contribution in [0.1, 0.15) is 76.7 Å². The molecule has 2 aliphatic heterocycles. The first-order chi connectivity index (χ1) is 16.4. The molecule has 2 saturated heterocycles. The average Bonchev–Trinajstić information content (AvgIpc) is 3.41. The molecule has 1 aromatic carbocycles.